The van der Waals surface area contributed by atoms with Crippen LogP contribution in [-0.4, -0.2) is 19.7 Å². The smallest absolute Gasteiger partial charge is 0.163 e. The van der Waals surface area contributed by atoms with E-state index >= 15 is 0 Å². The van der Waals surface area contributed by atoms with Crippen molar-refractivity contribution in [2.45, 2.75) is 52.0 Å². The Morgan fingerprint density at radius 2 is 1.84 bits per heavy atom. The molecule has 19 heavy (non-hydrogen) atoms. The number of nitrogens with two attached hydrogens (primary N) is 1. The Morgan fingerprint density at radius 1 is 1.11 bits per heavy atom. The number of rotatable bonds is 7. The fourth-order valence-electron chi connectivity index (χ4n) is 2.12. The second-order valence-corrected chi connectivity index (χ2v) is 4.63. The van der Waals surface area contributed by atoms with Gasteiger partial charge in [-0.3, -0.25) is 0 Å². The largest absolute Gasteiger partial charge is 0.383 e. The molecule has 0 amide bonds. The Bertz CT molecular complexity index is 497. The van der Waals surface area contributed by atoms with Gasteiger partial charge in [-0.15, -0.1) is 12.4 Å². The minimum atomic E-state index is 0. The zero-order valence-electron chi connectivity index (χ0n) is 11.4. The standard InChI is InChI=1S/C13H21N5.ClH/c1-2-3-4-5-6-7-8-18-13-11(9-17-18)12(14)15-10-16-13;/h9-10H,2-8H2,1H3,(H2,14,15,16);1H. The van der Waals surface area contributed by atoms with Crippen LogP contribution in [0.5, 0.6) is 0 Å². The van der Waals surface area contributed by atoms with E-state index in [4.69, 9.17) is 5.73 Å². The molecule has 0 aliphatic carbocycles. The molecule has 0 fully saturated rings. The molecule has 2 rings (SSSR count). The number of unbranched alkanes of at least 4 members (excludes halogenated alkanes) is 5. The molecule has 0 saturated heterocycles. The molecular formula is C13H22ClN5. The molecule has 0 aliphatic rings. The summed E-state index contributed by atoms with van der Waals surface area (Å²) in [4.78, 5) is 8.20. The summed E-state index contributed by atoms with van der Waals surface area (Å²) in [7, 11) is 0. The number of aromatic nitrogens is 4. The van der Waals surface area contributed by atoms with Crippen LogP contribution < -0.4 is 5.73 Å². The Hall–Kier alpha value is -1.36. The fourth-order valence-corrected chi connectivity index (χ4v) is 2.12. The lowest BCUT2D eigenvalue weighted by Crippen LogP contribution is -2.02. The summed E-state index contributed by atoms with van der Waals surface area (Å²) in [6, 6.07) is 0. The number of hydrogen-bond donors (Lipinski definition) is 1. The molecule has 6 heteroatoms. The minimum absolute atomic E-state index is 0. The van der Waals surface area contributed by atoms with Crippen LogP contribution >= 0.6 is 12.4 Å². The van der Waals surface area contributed by atoms with Crippen LogP contribution in [0.25, 0.3) is 11.0 Å². The molecule has 0 radical (unpaired) electrons. The predicted octanol–water partition coefficient (Wildman–Crippen LogP) is 3.19. The van der Waals surface area contributed by atoms with Gasteiger partial charge in [-0.1, -0.05) is 39.0 Å². The molecule has 0 unspecified atom stereocenters. The number of nitrogens with zero attached hydrogens (tertiary/aromatic N) is 4. The van der Waals surface area contributed by atoms with Gasteiger partial charge in [0.05, 0.1) is 11.6 Å². The van der Waals surface area contributed by atoms with Crippen molar-refractivity contribution < 1.29 is 0 Å². The van der Waals surface area contributed by atoms with Crippen molar-refractivity contribution in [2.24, 2.45) is 0 Å². The molecule has 0 aliphatic heterocycles. The molecule has 0 aromatic carbocycles. The van der Waals surface area contributed by atoms with Crippen LogP contribution in [0.2, 0.25) is 0 Å². The van der Waals surface area contributed by atoms with Gasteiger partial charge < -0.3 is 5.73 Å². The van der Waals surface area contributed by atoms with Crippen LogP contribution in [0.15, 0.2) is 12.5 Å². The highest BCUT2D eigenvalue weighted by molar-refractivity contribution is 5.85. The predicted molar refractivity (Wildman–Crippen MR) is 80.4 cm³/mol. The molecular weight excluding hydrogens is 262 g/mol. The molecule has 2 N–H and O–H groups in total. The number of fused-ring (bicyclic) bond motifs is 1. The third kappa shape index (κ3) is 4.06. The van der Waals surface area contributed by atoms with Gasteiger partial charge in [0.25, 0.3) is 0 Å². The van der Waals surface area contributed by atoms with Crippen LogP contribution in [0, 0.1) is 0 Å². The fraction of sp³-hybridized carbons (Fsp3) is 0.615. The zero-order valence-corrected chi connectivity index (χ0v) is 12.2. The topological polar surface area (TPSA) is 69.6 Å². The van der Waals surface area contributed by atoms with E-state index in [9.17, 15) is 0 Å². The molecule has 0 bridgehead atoms. The molecule has 0 spiro atoms. The highest BCUT2D eigenvalue weighted by atomic mass is 35.5. The third-order valence-corrected chi connectivity index (χ3v) is 3.19. The van der Waals surface area contributed by atoms with E-state index in [-0.39, 0.29) is 12.4 Å². The third-order valence-electron chi connectivity index (χ3n) is 3.19. The number of aryl methyl sites for hydroxylation is 1. The van der Waals surface area contributed by atoms with E-state index in [2.05, 4.69) is 22.0 Å². The summed E-state index contributed by atoms with van der Waals surface area (Å²) < 4.78 is 1.92. The van der Waals surface area contributed by atoms with Crippen molar-refractivity contribution in [3.63, 3.8) is 0 Å². The summed E-state index contributed by atoms with van der Waals surface area (Å²) in [5.74, 6) is 0.509. The lowest BCUT2D eigenvalue weighted by atomic mass is 10.1. The van der Waals surface area contributed by atoms with E-state index in [1.165, 1.54) is 38.4 Å². The Morgan fingerprint density at radius 3 is 2.63 bits per heavy atom. The van der Waals surface area contributed by atoms with Gasteiger partial charge in [-0.05, 0) is 6.42 Å². The summed E-state index contributed by atoms with van der Waals surface area (Å²) >= 11 is 0. The highest BCUT2D eigenvalue weighted by Gasteiger charge is 2.06. The molecule has 0 saturated carbocycles. The van der Waals surface area contributed by atoms with Gasteiger partial charge in [-0.2, -0.15) is 5.10 Å². The van der Waals surface area contributed by atoms with Gasteiger partial charge in [0.1, 0.15) is 12.1 Å². The van der Waals surface area contributed by atoms with Crippen LogP contribution in [0.4, 0.5) is 5.82 Å². The monoisotopic (exact) mass is 283 g/mol. The van der Waals surface area contributed by atoms with Gasteiger partial charge >= 0.3 is 0 Å². The highest BCUT2D eigenvalue weighted by Crippen LogP contribution is 2.16. The first kappa shape index (κ1) is 15.7. The summed E-state index contributed by atoms with van der Waals surface area (Å²) in [6.07, 6.45) is 10.9. The van der Waals surface area contributed by atoms with Crippen LogP contribution in [-0.2, 0) is 6.54 Å². The quantitative estimate of drug-likeness (QED) is 0.792. The molecule has 2 heterocycles. The Balaban J connectivity index is 0.00000180. The minimum Gasteiger partial charge on any atom is -0.383 e. The molecule has 2 aromatic rings. The maximum Gasteiger partial charge on any atom is 0.163 e. The molecule has 0 atom stereocenters. The van der Waals surface area contributed by atoms with Crippen LogP contribution in [0.3, 0.4) is 0 Å². The van der Waals surface area contributed by atoms with Crippen molar-refractivity contribution in [3.8, 4) is 0 Å². The van der Waals surface area contributed by atoms with E-state index in [0.717, 1.165) is 24.0 Å². The van der Waals surface area contributed by atoms with Gasteiger partial charge in [-0.25, -0.2) is 14.6 Å². The summed E-state index contributed by atoms with van der Waals surface area (Å²) in [5.41, 5.74) is 6.62. The Kier molecular flexibility index (Phi) is 6.56. The molecule has 2 aromatic heterocycles. The number of halogens is 1. The average molecular weight is 284 g/mol. The van der Waals surface area contributed by atoms with Crippen molar-refractivity contribution in [1.82, 2.24) is 19.7 Å². The number of nitrogen functional groups attached to an aromatic ring is 1. The Labute approximate surface area is 120 Å². The van der Waals surface area contributed by atoms with Crippen LogP contribution in [0.1, 0.15) is 45.4 Å². The van der Waals surface area contributed by atoms with E-state index < -0.39 is 0 Å². The summed E-state index contributed by atoms with van der Waals surface area (Å²) in [6.45, 7) is 3.14. The SMILES string of the molecule is CCCCCCCCn1ncc2c(N)ncnc21.Cl. The lowest BCUT2D eigenvalue weighted by molar-refractivity contribution is 0.535. The second-order valence-electron chi connectivity index (χ2n) is 4.63. The van der Waals surface area contributed by atoms with Crippen molar-refractivity contribution in [2.75, 3.05) is 5.73 Å². The maximum atomic E-state index is 5.77. The van der Waals surface area contributed by atoms with Crippen molar-refractivity contribution >= 4 is 29.3 Å². The second kappa shape index (κ2) is 7.94. The van der Waals surface area contributed by atoms with Gasteiger partial charge in [0, 0.05) is 6.54 Å². The van der Waals surface area contributed by atoms with Gasteiger partial charge in [0.2, 0.25) is 0 Å². The van der Waals surface area contributed by atoms with E-state index in [1.54, 1.807) is 6.20 Å². The van der Waals surface area contributed by atoms with E-state index in [1.807, 2.05) is 4.68 Å². The van der Waals surface area contributed by atoms with E-state index in [0.29, 0.717) is 5.82 Å². The number of anilines is 1. The lowest BCUT2D eigenvalue weighted by Gasteiger charge is -2.03. The number of hydrogen-bond acceptors (Lipinski definition) is 4. The van der Waals surface area contributed by atoms with Crippen molar-refractivity contribution in [3.05, 3.63) is 12.5 Å². The van der Waals surface area contributed by atoms with Crippen molar-refractivity contribution in [1.29, 1.82) is 0 Å². The first-order chi connectivity index (χ1) is 8.83. The first-order valence-electron chi connectivity index (χ1n) is 6.75. The molecule has 5 nitrogen and oxygen atoms in total. The average Bonchev–Trinajstić information content (AvgIpc) is 2.79. The van der Waals surface area contributed by atoms with Gasteiger partial charge in [0.15, 0.2) is 5.65 Å². The first-order valence-corrected chi connectivity index (χ1v) is 6.75. The summed E-state index contributed by atoms with van der Waals surface area (Å²) in [5, 5.41) is 5.17. The maximum absolute atomic E-state index is 5.77. The zero-order chi connectivity index (χ0) is 12.8. The molecule has 106 valence electrons. The normalized spacial score (nSPS) is 10.6.